The highest BCUT2D eigenvalue weighted by Crippen LogP contribution is 2.32. The number of nitrogens with one attached hydrogen (secondary N) is 2. The molecule has 2 aromatic rings. The van der Waals surface area contributed by atoms with E-state index in [0.29, 0.717) is 12.1 Å². The molecule has 2 rings (SSSR count). The highest BCUT2D eigenvalue weighted by Gasteiger charge is 2.32. The Bertz CT molecular complexity index is 615. The summed E-state index contributed by atoms with van der Waals surface area (Å²) in [5.41, 5.74) is 1.33. The van der Waals surface area contributed by atoms with Crippen LogP contribution in [0.1, 0.15) is 36.2 Å². The minimum Gasteiger partial charge on any atom is -0.304 e. The molecule has 0 aliphatic heterocycles. The van der Waals surface area contributed by atoms with Gasteiger partial charge >= 0.3 is 6.18 Å². The summed E-state index contributed by atoms with van der Waals surface area (Å²) < 4.78 is 38.4. The van der Waals surface area contributed by atoms with E-state index in [0.717, 1.165) is 17.3 Å². The molecular formula is C15H18F3N3. The molecule has 0 amide bonds. The number of halogens is 3. The first-order valence-corrected chi connectivity index (χ1v) is 6.62. The monoisotopic (exact) mass is 297 g/mol. The van der Waals surface area contributed by atoms with Crippen molar-refractivity contribution in [1.29, 1.82) is 0 Å². The van der Waals surface area contributed by atoms with Gasteiger partial charge in [0, 0.05) is 23.3 Å². The second kappa shape index (κ2) is 5.52. The number of rotatable bonds is 4. The van der Waals surface area contributed by atoms with E-state index < -0.39 is 17.3 Å². The number of nitrogens with zero attached hydrogens (tertiary/aromatic N) is 1. The van der Waals surface area contributed by atoms with Crippen LogP contribution in [0.15, 0.2) is 30.5 Å². The Labute approximate surface area is 121 Å². The van der Waals surface area contributed by atoms with Crippen molar-refractivity contribution < 1.29 is 13.2 Å². The van der Waals surface area contributed by atoms with Crippen molar-refractivity contribution in [1.82, 2.24) is 15.5 Å². The smallest absolute Gasteiger partial charge is 0.304 e. The predicted molar refractivity (Wildman–Crippen MR) is 74.6 cm³/mol. The standard InChI is InChI=1S/C15H18F3N3/c1-10-11(9-20-21-10)8-19-14(2,3)12-5-4-6-13(7-12)15(16,17)18/h4-7,9,19H,8H2,1-3H3,(H,20,21). The summed E-state index contributed by atoms with van der Waals surface area (Å²) in [6.07, 6.45) is -2.61. The van der Waals surface area contributed by atoms with Crippen molar-refractivity contribution in [3.8, 4) is 0 Å². The number of alkyl halides is 3. The van der Waals surface area contributed by atoms with Gasteiger partial charge in [-0.15, -0.1) is 0 Å². The molecule has 0 atom stereocenters. The van der Waals surface area contributed by atoms with Gasteiger partial charge < -0.3 is 5.32 Å². The van der Waals surface area contributed by atoms with Crippen LogP contribution in [-0.4, -0.2) is 10.2 Å². The summed E-state index contributed by atoms with van der Waals surface area (Å²) in [5, 5.41) is 10.0. The van der Waals surface area contributed by atoms with Crippen molar-refractivity contribution in [2.45, 2.75) is 39.0 Å². The molecule has 3 nitrogen and oxygen atoms in total. The third kappa shape index (κ3) is 3.64. The Morgan fingerprint density at radius 1 is 1.19 bits per heavy atom. The predicted octanol–water partition coefficient (Wildman–Crippen LogP) is 3.76. The van der Waals surface area contributed by atoms with Gasteiger partial charge in [0.15, 0.2) is 0 Å². The van der Waals surface area contributed by atoms with Gasteiger partial charge in [-0.05, 0) is 38.5 Å². The average Bonchev–Trinajstić information content (AvgIpc) is 2.81. The van der Waals surface area contributed by atoms with Crippen molar-refractivity contribution in [3.63, 3.8) is 0 Å². The summed E-state index contributed by atoms with van der Waals surface area (Å²) in [4.78, 5) is 0. The fourth-order valence-corrected chi connectivity index (χ4v) is 2.06. The molecule has 0 radical (unpaired) electrons. The fourth-order valence-electron chi connectivity index (χ4n) is 2.06. The highest BCUT2D eigenvalue weighted by atomic mass is 19.4. The van der Waals surface area contributed by atoms with E-state index in [-0.39, 0.29) is 0 Å². The second-order valence-corrected chi connectivity index (χ2v) is 5.58. The van der Waals surface area contributed by atoms with Gasteiger partial charge in [0.1, 0.15) is 0 Å². The van der Waals surface area contributed by atoms with Crippen molar-refractivity contribution >= 4 is 0 Å². The molecule has 0 aliphatic rings. The van der Waals surface area contributed by atoms with E-state index in [4.69, 9.17) is 0 Å². The summed E-state index contributed by atoms with van der Waals surface area (Å²) in [5.74, 6) is 0. The van der Waals surface area contributed by atoms with E-state index in [2.05, 4.69) is 15.5 Å². The Balaban J connectivity index is 2.17. The average molecular weight is 297 g/mol. The molecule has 0 fully saturated rings. The van der Waals surface area contributed by atoms with Crippen LogP contribution in [0.5, 0.6) is 0 Å². The Morgan fingerprint density at radius 2 is 1.86 bits per heavy atom. The maximum atomic E-state index is 12.8. The lowest BCUT2D eigenvalue weighted by Gasteiger charge is -2.27. The molecule has 1 aromatic carbocycles. The molecule has 1 aromatic heterocycles. The number of aromatic nitrogens is 2. The number of H-pyrrole nitrogens is 1. The van der Waals surface area contributed by atoms with Crippen LogP contribution >= 0.6 is 0 Å². The molecule has 0 bridgehead atoms. The summed E-state index contributed by atoms with van der Waals surface area (Å²) in [6, 6.07) is 5.41. The Morgan fingerprint density at radius 3 is 2.43 bits per heavy atom. The molecule has 114 valence electrons. The quantitative estimate of drug-likeness (QED) is 0.902. The zero-order valence-electron chi connectivity index (χ0n) is 12.2. The lowest BCUT2D eigenvalue weighted by atomic mass is 9.92. The summed E-state index contributed by atoms with van der Waals surface area (Å²) in [7, 11) is 0. The molecule has 0 saturated heterocycles. The van der Waals surface area contributed by atoms with Crippen LogP contribution in [0.2, 0.25) is 0 Å². The molecule has 21 heavy (non-hydrogen) atoms. The first-order chi connectivity index (χ1) is 9.70. The first kappa shape index (κ1) is 15.6. The van der Waals surface area contributed by atoms with Crippen LogP contribution < -0.4 is 5.32 Å². The van der Waals surface area contributed by atoms with Crippen LogP contribution in [0.4, 0.5) is 13.2 Å². The SMILES string of the molecule is Cc1[nH]ncc1CNC(C)(C)c1cccc(C(F)(F)F)c1. The first-order valence-electron chi connectivity index (χ1n) is 6.62. The molecule has 0 spiro atoms. The zero-order chi connectivity index (χ0) is 15.7. The van der Waals surface area contributed by atoms with Crippen LogP contribution in [0.3, 0.4) is 0 Å². The molecular weight excluding hydrogens is 279 g/mol. The number of hydrogen-bond donors (Lipinski definition) is 2. The Hall–Kier alpha value is -1.82. The van der Waals surface area contributed by atoms with Gasteiger partial charge in [-0.25, -0.2) is 0 Å². The van der Waals surface area contributed by atoms with Crippen LogP contribution in [-0.2, 0) is 18.3 Å². The highest BCUT2D eigenvalue weighted by molar-refractivity contribution is 5.30. The molecule has 0 aliphatic carbocycles. The summed E-state index contributed by atoms with van der Waals surface area (Å²) in [6.45, 7) is 6.16. The normalized spacial score (nSPS) is 12.7. The topological polar surface area (TPSA) is 40.7 Å². The third-order valence-corrected chi connectivity index (χ3v) is 3.57. The van der Waals surface area contributed by atoms with Gasteiger partial charge in [0.2, 0.25) is 0 Å². The molecule has 0 unspecified atom stereocenters. The third-order valence-electron chi connectivity index (χ3n) is 3.57. The minimum atomic E-state index is -4.33. The molecule has 1 heterocycles. The number of hydrogen-bond acceptors (Lipinski definition) is 2. The fraction of sp³-hybridized carbons (Fsp3) is 0.400. The molecule has 2 N–H and O–H groups in total. The maximum absolute atomic E-state index is 12.8. The number of aryl methyl sites for hydroxylation is 1. The number of benzene rings is 1. The van der Waals surface area contributed by atoms with Crippen molar-refractivity contribution in [2.24, 2.45) is 0 Å². The van der Waals surface area contributed by atoms with Gasteiger partial charge in [-0.1, -0.05) is 12.1 Å². The van der Waals surface area contributed by atoms with Gasteiger partial charge in [0.05, 0.1) is 11.8 Å². The summed E-state index contributed by atoms with van der Waals surface area (Å²) >= 11 is 0. The molecule has 0 saturated carbocycles. The lowest BCUT2D eigenvalue weighted by molar-refractivity contribution is -0.137. The number of aromatic amines is 1. The van der Waals surface area contributed by atoms with E-state index in [1.165, 1.54) is 12.1 Å². The van der Waals surface area contributed by atoms with Crippen LogP contribution in [0, 0.1) is 6.92 Å². The van der Waals surface area contributed by atoms with Gasteiger partial charge in [0.25, 0.3) is 0 Å². The van der Waals surface area contributed by atoms with Crippen molar-refractivity contribution in [2.75, 3.05) is 0 Å². The Kier molecular flexibility index (Phi) is 4.09. The van der Waals surface area contributed by atoms with Crippen molar-refractivity contribution in [3.05, 3.63) is 52.8 Å². The van der Waals surface area contributed by atoms with E-state index >= 15 is 0 Å². The second-order valence-electron chi connectivity index (χ2n) is 5.58. The molecule has 6 heteroatoms. The maximum Gasteiger partial charge on any atom is 0.416 e. The van der Waals surface area contributed by atoms with Crippen LogP contribution in [0.25, 0.3) is 0 Å². The van der Waals surface area contributed by atoms with E-state index in [1.54, 1.807) is 12.3 Å². The zero-order valence-corrected chi connectivity index (χ0v) is 12.2. The van der Waals surface area contributed by atoms with Gasteiger partial charge in [-0.2, -0.15) is 18.3 Å². The van der Waals surface area contributed by atoms with E-state index in [1.807, 2.05) is 20.8 Å². The minimum absolute atomic E-state index is 0.533. The lowest BCUT2D eigenvalue weighted by Crippen LogP contribution is -2.36. The largest absolute Gasteiger partial charge is 0.416 e. The van der Waals surface area contributed by atoms with Gasteiger partial charge in [-0.3, -0.25) is 5.10 Å². The van der Waals surface area contributed by atoms with E-state index in [9.17, 15) is 13.2 Å².